The number of halogens is 2. The molecule has 0 radical (unpaired) electrons. The monoisotopic (exact) mass is 469 g/mol. The average molecular weight is 470 g/mol. The van der Waals surface area contributed by atoms with Crippen molar-refractivity contribution in [1.29, 1.82) is 0 Å². The molecule has 8 heteroatoms. The van der Waals surface area contributed by atoms with Crippen molar-refractivity contribution in [2.75, 3.05) is 7.11 Å². The molecule has 0 saturated carbocycles. The molecule has 0 aliphatic carbocycles. The molecule has 0 spiro atoms. The summed E-state index contributed by atoms with van der Waals surface area (Å²) in [4.78, 5) is 20.3. The van der Waals surface area contributed by atoms with Crippen molar-refractivity contribution in [2.45, 2.75) is 18.6 Å². The zero-order valence-corrected chi connectivity index (χ0v) is 18.7. The van der Waals surface area contributed by atoms with Gasteiger partial charge in [-0.3, -0.25) is 4.79 Å². The quantitative estimate of drug-likeness (QED) is 0.357. The summed E-state index contributed by atoms with van der Waals surface area (Å²) in [5.74, 6) is 0.0197. The van der Waals surface area contributed by atoms with Crippen molar-refractivity contribution < 1.29 is 14.6 Å². The Balaban J connectivity index is 1.64. The fourth-order valence-electron chi connectivity index (χ4n) is 3.57. The minimum Gasteiger partial charge on any atom is -0.481 e. The predicted molar refractivity (Wildman–Crippen MR) is 125 cm³/mol. The number of fused-ring (bicyclic) bond motifs is 1. The van der Waals surface area contributed by atoms with Crippen molar-refractivity contribution >= 4 is 40.0 Å². The van der Waals surface area contributed by atoms with Gasteiger partial charge in [0.25, 0.3) is 5.91 Å². The number of rotatable bonds is 7. The number of hydrogen-bond acceptors (Lipinski definition) is 4. The molecule has 2 aromatic heterocycles. The average Bonchev–Trinajstić information content (AvgIpc) is 3.23. The van der Waals surface area contributed by atoms with Gasteiger partial charge in [0.15, 0.2) is 0 Å². The molecule has 2 atom stereocenters. The van der Waals surface area contributed by atoms with E-state index >= 15 is 0 Å². The highest BCUT2D eigenvalue weighted by Gasteiger charge is 2.26. The Morgan fingerprint density at radius 2 is 1.97 bits per heavy atom. The van der Waals surface area contributed by atoms with Crippen molar-refractivity contribution in [1.82, 2.24) is 15.3 Å². The van der Waals surface area contributed by atoms with Crippen LogP contribution in [0.2, 0.25) is 10.0 Å². The maximum absolute atomic E-state index is 13.1. The number of nitrogens with one attached hydrogen (secondary N) is 2. The largest absolute Gasteiger partial charge is 0.481 e. The molecule has 0 saturated heterocycles. The van der Waals surface area contributed by atoms with Crippen LogP contribution < -0.4 is 10.1 Å². The Bertz CT molecular complexity index is 1260. The summed E-state index contributed by atoms with van der Waals surface area (Å²) < 4.78 is 5.17. The molecule has 6 nitrogen and oxygen atoms in total. The van der Waals surface area contributed by atoms with Crippen LogP contribution in [0, 0.1) is 0 Å². The molecule has 4 rings (SSSR count). The van der Waals surface area contributed by atoms with Crippen LogP contribution in [0.3, 0.4) is 0 Å². The van der Waals surface area contributed by atoms with Gasteiger partial charge in [-0.25, -0.2) is 4.98 Å². The number of ether oxygens (including phenoxy) is 1. The molecule has 0 aliphatic rings. The molecule has 0 aliphatic heterocycles. The highest BCUT2D eigenvalue weighted by molar-refractivity contribution is 6.31. The van der Waals surface area contributed by atoms with Crippen LogP contribution in [-0.4, -0.2) is 34.1 Å². The lowest BCUT2D eigenvalue weighted by molar-refractivity contribution is 0.0828. The normalized spacial score (nSPS) is 13.0. The first-order valence-corrected chi connectivity index (χ1v) is 10.7. The topological polar surface area (TPSA) is 87.2 Å². The number of H-pyrrole nitrogens is 1. The summed E-state index contributed by atoms with van der Waals surface area (Å²) in [5, 5.41) is 16.1. The van der Waals surface area contributed by atoms with E-state index in [0.29, 0.717) is 33.6 Å². The van der Waals surface area contributed by atoms with E-state index < -0.39 is 12.1 Å². The molecule has 4 aromatic rings. The number of amides is 1. The fourth-order valence-corrected chi connectivity index (χ4v) is 3.96. The smallest absolute Gasteiger partial charge is 0.268 e. The lowest BCUT2D eigenvalue weighted by Crippen LogP contribution is -2.41. The number of nitrogens with zero attached hydrogens (tertiary/aromatic N) is 1. The van der Waals surface area contributed by atoms with Crippen LogP contribution in [0.25, 0.3) is 10.9 Å². The molecule has 0 bridgehead atoms. The Kier molecular flexibility index (Phi) is 6.65. The van der Waals surface area contributed by atoms with E-state index in [-0.39, 0.29) is 5.91 Å². The standard InChI is InChI=1S/C24H21Cl2N3O3/c1-32-22-13-15(8-9-27-22)23(30)20(11-14-4-2-3-5-18(14)26)29-24(31)21-12-16-10-17(25)6-7-19(16)28-21/h2-10,12-13,20,23,28,30H,11H2,1H3,(H,29,31)/t20-,23?/m0/s1. The molecular formula is C24H21Cl2N3O3. The molecule has 1 amide bonds. The van der Waals surface area contributed by atoms with Crippen molar-refractivity contribution in [2.24, 2.45) is 0 Å². The van der Waals surface area contributed by atoms with Gasteiger partial charge in [0.05, 0.1) is 19.3 Å². The van der Waals surface area contributed by atoms with E-state index in [2.05, 4.69) is 15.3 Å². The number of aromatic nitrogens is 2. The predicted octanol–water partition coefficient (Wildman–Crippen LogP) is 4.95. The number of aromatic amines is 1. The first kappa shape index (κ1) is 22.1. The number of aliphatic hydroxyl groups excluding tert-OH is 1. The molecule has 2 aromatic carbocycles. The molecule has 0 fully saturated rings. The number of carbonyl (C=O) groups excluding carboxylic acids is 1. The van der Waals surface area contributed by atoms with Gasteiger partial charge in [0, 0.05) is 33.2 Å². The van der Waals surface area contributed by atoms with E-state index in [0.717, 1.165) is 16.5 Å². The third-order valence-corrected chi connectivity index (χ3v) is 5.84. The molecule has 32 heavy (non-hydrogen) atoms. The fraction of sp³-hybridized carbons (Fsp3) is 0.167. The summed E-state index contributed by atoms with van der Waals surface area (Å²) in [7, 11) is 1.50. The number of aliphatic hydroxyl groups is 1. The second-order valence-electron chi connectivity index (χ2n) is 7.37. The SMILES string of the molecule is COc1cc(C(O)[C@H](Cc2ccccc2Cl)NC(=O)c2cc3cc(Cl)ccc3[nH]2)ccn1. The molecule has 2 heterocycles. The number of methoxy groups -OCH3 is 1. The van der Waals surface area contributed by atoms with Crippen LogP contribution >= 0.6 is 23.2 Å². The summed E-state index contributed by atoms with van der Waals surface area (Å²) in [6, 6.07) is 17.1. The minimum atomic E-state index is -1.02. The van der Waals surface area contributed by atoms with E-state index in [1.54, 1.807) is 42.6 Å². The van der Waals surface area contributed by atoms with E-state index in [1.165, 1.54) is 7.11 Å². The Morgan fingerprint density at radius 1 is 1.16 bits per heavy atom. The van der Waals surface area contributed by atoms with Crippen LogP contribution in [0.1, 0.15) is 27.7 Å². The highest BCUT2D eigenvalue weighted by Crippen LogP contribution is 2.26. The number of benzene rings is 2. The summed E-state index contributed by atoms with van der Waals surface area (Å²) in [6.45, 7) is 0. The van der Waals surface area contributed by atoms with Crippen LogP contribution in [0.15, 0.2) is 66.9 Å². The zero-order chi connectivity index (χ0) is 22.7. The van der Waals surface area contributed by atoms with Crippen molar-refractivity contribution in [3.05, 3.63) is 93.7 Å². The van der Waals surface area contributed by atoms with Gasteiger partial charge in [0.1, 0.15) is 5.69 Å². The van der Waals surface area contributed by atoms with Gasteiger partial charge in [-0.15, -0.1) is 0 Å². The molecular weight excluding hydrogens is 449 g/mol. The molecule has 1 unspecified atom stereocenters. The van der Waals surface area contributed by atoms with Gasteiger partial charge < -0.3 is 20.1 Å². The third kappa shape index (κ3) is 4.88. The van der Waals surface area contributed by atoms with Crippen molar-refractivity contribution in [3.63, 3.8) is 0 Å². The minimum absolute atomic E-state index is 0.323. The second-order valence-corrected chi connectivity index (χ2v) is 8.21. The van der Waals surface area contributed by atoms with Gasteiger partial charge in [-0.2, -0.15) is 0 Å². The summed E-state index contributed by atoms with van der Waals surface area (Å²) in [6.07, 6.45) is 0.849. The van der Waals surface area contributed by atoms with Crippen LogP contribution in [0.5, 0.6) is 5.88 Å². The first-order valence-electron chi connectivity index (χ1n) is 9.95. The lowest BCUT2D eigenvalue weighted by Gasteiger charge is -2.25. The van der Waals surface area contributed by atoms with Gasteiger partial charge in [-0.05, 0) is 53.9 Å². The Morgan fingerprint density at radius 3 is 2.75 bits per heavy atom. The van der Waals surface area contributed by atoms with Gasteiger partial charge in [0.2, 0.25) is 5.88 Å². The first-order chi connectivity index (χ1) is 15.4. The van der Waals surface area contributed by atoms with Gasteiger partial charge in [-0.1, -0.05) is 41.4 Å². The molecule has 164 valence electrons. The van der Waals surface area contributed by atoms with E-state index in [1.807, 2.05) is 24.3 Å². The Hall–Kier alpha value is -3.06. The van der Waals surface area contributed by atoms with E-state index in [4.69, 9.17) is 27.9 Å². The summed E-state index contributed by atoms with van der Waals surface area (Å²) >= 11 is 12.4. The third-order valence-electron chi connectivity index (χ3n) is 5.23. The lowest BCUT2D eigenvalue weighted by atomic mass is 9.96. The Labute approximate surface area is 195 Å². The van der Waals surface area contributed by atoms with Crippen LogP contribution in [-0.2, 0) is 6.42 Å². The van der Waals surface area contributed by atoms with Crippen molar-refractivity contribution in [3.8, 4) is 5.88 Å². The number of pyridine rings is 1. The van der Waals surface area contributed by atoms with Gasteiger partial charge >= 0.3 is 0 Å². The molecule has 3 N–H and O–H groups in total. The summed E-state index contributed by atoms with van der Waals surface area (Å²) in [5.41, 5.74) is 2.54. The second kappa shape index (κ2) is 9.61. The number of carbonyl (C=O) groups is 1. The maximum atomic E-state index is 13.1. The van der Waals surface area contributed by atoms with Crippen LogP contribution in [0.4, 0.5) is 0 Å². The van der Waals surface area contributed by atoms with E-state index in [9.17, 15) is 9.90 Å². The maximum Gasteiger partial charge on any atom is 0.268 e. The number of hydrogen-bond donors (Lipinski definition) is 3. The zero-order valence-electron chi connectivity index (χ0n) is 17.2. The highest BCUT2D eigenvalue weighted by atomic mass is 35.5.